The van der Waals surface area contributed by atoms with Crippen LogP contribution in [-0.2, 0) is 0 Å². The van der Waals surface area contributed by atoms with Crippen molar-refractivity contribution in [2.75, 3.05) is 16.4 Å². The van der Waals surface area contributed by atoms with Crippen LogP contribution in [0.4, 0.5) is 22.0 Å². The monoisotopic (exact) mass is 500 g/mol. The van der Waals surface area contributed by atoms with Crippen LogP contribution in [0.1, 0.15) is 0 Å². The molecule has 4 N–H and O–H groups in total. The van der Waals surface area contributed by atoms with Crippen molar-refractivity contribution in [3.63, 3.8) is 0 Å². The van der Waals surface area contributed by atoms with Gasteiger partial charge in [-0.2, -0.15) is 0 Å². The Morgan fingerprint density at radius 1 is 0.848 bits per heavy atom. The maximum Gasteiger partial charge on any atom is 0.323 e. The topological polar surface area (TPSA) is 115 Å². The summed E-state index contributed by atoms with van der Waals surface area (Å²) >= 11 is 18.0. The van der Waals surface area contributed by atoms with E-state index in [4.69, 9.17) is 45.3 Å². The summed E-state index contributed by atoms with van der Waals surface area (Å²) in [6.07, 6.45) is 4.31. The zero-order chi connectivity index (χ0) is 23.4. The zero-order valence-electron chi connectivity index (χ0n) is 16.7. The number of benzene rings is 2. The molecule has 0 aliphatic heterocycles. The van der Waals surface area contributed by atoms with Crippen LogP contribution < -0.4 is 21.1 Å². The summed E-state index contributed by atoms with van der Waals surface area (Å²) in [5, 5.41) is 6.50. The van der Waals surface area contributed by atoms with Crippen molar-refractivity contribution in [2.24, 2.45) is 0 Å². The van der Waals surface area contributed by atoms with Crippen molar-refractivity contribution >= 4 is 58.0 Å². The lowest BCUT2D eigenvalue weighted by Gasteiger charge is -2.10. The molecule has 11 heteroatoms. The molecule has 2 amide bonds. The molecule has 2 heterocycles. The number of rotatable bonds is 5. The first-order valence-corrected chi connectivity index (χ1v) is 10.6. The van der Waals surface area contributed by atoms with Crippen LogP contribution in [0.3, 0.4) is 0 Å². The number of hydrogen-bond acceptors (Lipinski definition) is 6. The Morgan fingerprint density at radius 3 is 2.30 bits per heavy atom. The Hall–Kier alpha value is -3.59. The number of nitrogens with zero attached hydrogens (tertiary/aromatic N) is 3. The minimum atomic E-state index is -0.526. The number of nitrogen functional groups attached to an aromatic ring is 1. The molecule has 0 aliphatic rings. The molecule has 0 unspecified atom stereocenters. The first-order chi connectivity index (χ1) is 15.9. The van der Waals surface area contributed by atoms with Crippen molar-refractivity contribution < 1.29 is 9.53 Å². The van der Waals surface area contributed by atoms with Crippen LogP contribution in [0.15, 0.2) is 67.1 Å². The van der Waals surface area contributed by atoms with Crippen molar-refractivity contribution in [3.8, 4) is 22.9 Å². The fourth-order valence-corrected chi connectivity index (χ4v) is 3.30. The van der Waals surface area contributed by atoms with Crippen LogP contribution in [0.2, 0.25) is 15.1 Å². The van der Waals surface area contributed by atoms with Crippen molar-refractivity contribution in [2.45, 2.75) is 0 Å². The van der Waals surface area contributed by atoms with Crippen LogP contribution in [0.5, 0.6) is 11.8 Å². The quantitative estimate of drug-likeness (QED) is 0.287. The van der Waals surface area contributed by atoms with Crippen LogP contribution in [0, 0.1) is 0 Å². The molecule has 0 saturated heterocycles. The van der Waals surface area contributed by atoms with Crippen LogP contribution >= 0.6 is 34.8 Å². The predicted octanol–water partition coefficient (Wildman–Crippen LogP) is 6.52. The molecule has 0 aliphatic carbocycles. The molecular formula is C22H15Cl3N6O2. The fraction of sp³-hybridized carbons (Fsp3) is 0. The van der Waals surface area contributed by atoms with Gasteiger partial charge in [0.25, 0.3) is 0 Å². The summed E-state index contributed by atoms with van der Waals surface area (Å²) in [6.45, 7) is 0. The highest BCUT2D eigenvalue weighted by Crippen LogP contribution is 2.29. The standard InChI is InChI=1S/C22H15Cl3N6O2/c23-13-3-6-18(25)19(8-13)31-21(32)30-15-10-28-22(29-11-15)33-16-4-1-12(2-5-16)17-7-14(24)9-27-20(17)26/h1-11H,(H2,26,27)(H2,30,31,32). The minimum Gasteiger partial charge on any atom is -0.424 e. The van der Waals surface area contributed by atoms with E-state index >= 15 is 0 Å². The van der Waals surface area contributed by atoms with E-state index in [-0.39, 0.29) is 6.01 Å². The average Bonchev–Trinajstić information content (AvgIpc) is 2.80. The summed E-state index contributed by atoms with van der Waals surface area (Å²) in [6, 6.07) is 13.2. The molecule has 2 aromatic heterocycles. The molecule has 166 valence electrons. The Labute approximate surface area is 203 Å². The van der Waals surface area contributed by atoms with Gasteiger partial charge in [0, 0.05) is 16.8 Å². The molecule has 0 radical (unpaired) electrons. The van der Waals surface area contributed by atoms with E-state index in [1.165, 1.54) is 18.6 Å². The third kappa shape index (κ3) is 5.81. The highest BCUT2D eigenvalue weighted by atomic mass is 35.5. The average molecular weight is 502 g/mol. The van der Waals surface area contributed by atoms with Gasteiger partial charge in [-0.15, -0.1) is 0 Å². The molecule has 8 nitrogen and oxygen atoms in total. The Bertz CT molecular complexity index is 1300. The molecule has 4 rings (SSSR count). The number of amides is 2. The summed E-state index contributed by atoms with van der Waals surface area (Å²) < 4.78 is 5.65. The van der Waals surface area contributed by atoms with Gasteiger partial charge in [-0.1, -0.05) is 46.9 Å². The zero-order valence-corrected chi connectivity index (χ0v) is 19.0. The van der Waals surface area contributed by atoms with E-state index in [9.17, 15) is 4.79 Å². The lowest BCUT2D eigenvalue weighted by Crippen LogP contribution is -2.19. The number of carbonyl (C=O) groups is 1. The number of aromatic nitrogens is 3. The number of halogens is 3. The lowest BCUT2D eigenvalue weighted by atomic mass is 10.1. The van der Waals surface area contributed by atoms with E-state index in [1.807, 2.05) is 12.1 Å². The third-order valence-electron chi connectivity index (χ3n) is 4.32. The molecule has 0 atom stereocenters. The van der Waals surface area contributed by atoms with E-state index in [1.54, 1.807) is 36.4 Å². The number of pyridine rings is 1. The molecule has 0 bridgehead atoms. The van der Waals surface area contributed by atoms with E-state index in [0.717, 1.165) is 11.1 Å². The summed E-state index contributed by atoms with van der Waals surface area (Å²) in [7, 11) is 0. The molecule has 0 saturated carbocycles. The molecule has 0 fully saturated rings. The van der Waals surface area contributed by atoms with E-state index in [2.05, 4.69) is 25.6 Å². The van der Waals surface area contributed by atoms with Crippen LogP contribution in [-0.4, -0.2) is 21.0 Å². The first-order valence-electron chi connectivity index (χ1n) is 9.42. The highest BCUT2D eigenvalue weighted by molar-refractivity contribution is 6.35. The van der Waals surface area contributed by atoms with E-state index in [0.29, 0.717) is 38.0 Å². The maximum atomic E-state index is 12.2. The number of urea groups is 1. The second-order valence-electron chi connectivity index (χ2n) is 6.67. The van der Waals surface area contributed by atoms with Crippen molar-refractivity contribution in [3.05, 3.63) is 82.2 Å². The number of nitrogens with two attached hydrogens (primary N) is 1. The minimum absolute atomic E-state index is 0.107. The second-order valence-corrected chi connectivity index (χ2v) is 7.95. The molecule has 0 spiro atoms. The second kappa shape index (κ2) is 9.91. The van der Waals surface area contributed by atoms with Gasteiger partial charge in [-0.3, -0.25) is 0 Å². The lowest BCUT2D eigenvalue weighted by molar-refractivity contribution is 0.262. The molecular weight excluding hydrogens is 487 g/mol. The van der Waals surface area contributed by atoms with Gasteiger partial charge in [-0.25, -0.2) is 19.7 Å². The maximum absolute atomic E-state index is 12.2. The van der Waals surface area contributed by atoms with E-state index < -0.39 is 6.03 Å². The van der Waals surface area contributed by atoms with Gasteiger partial charge in [-0.05, 0) is 42.0 Å². The Morgan fingerprint density at radius 2 is 1.58 bits per heavy atom. The Kier molecular flexibility index (Phi) is 6.79. The number of anilines is 3. The molecule has 33 heavy (non-hydrogen) atoms. The van der Waals surface area contributed by atoms with Gasteiger partial charge in [0.15, 0.2) is 0 Å². The SMILES string of the molecule is Nc1ncc(Cl)cc1-c1ccc(Oc2ncc(NC(=O)Nc3cc(Cl)ccc3Cl)cn2)cc1. The summed E-state index contributed by atoms with van der Waals surface area (Å²) in [4.78, 5) is 24.4. The third-order valence-corrected chi connectivity index (χ3v) is 5.09. The van der Waals surface area contributed by atoms with Gasteiger partial charge in [0.1, 0.15) is 11.6 Å². The highest BCUT2D eigenvalue weighted by Gasteiger charge is 2.09. The van der Waals surface area contributed by atoms with Gasteiger partial charge in [0.05, 0.1) is 33.8 Å². The number of carbonyl (C=O) groups excluding carboxylic acids is 1. The largest absolute Gasteiger partial charge is 0.424 e. The first kappa shape index (κ1) is 22.6. The molecule has 2 aromatic carbocycles. The summed E-state index contributed by atoms with van der Waals surface area (Å²) in [5.74, 6) is 0.891. The van der Waals surface area contributed by atoms with Gasteiger partial charge < -0.3 is 21.1 Å². The molecule has 4 aromatic rings. The number of nitrogens with one attached hydrogen (secondary N) is 2. The normalized spacial score (nSPS) is 10.5. The summed E-state index contributed by atoms with van der Waals surface area (Å²) in [5.41, 5.74) is 8.21. The van der Waals surface area contributed by atoms with Gasteiger partial charge in [0.2, 0.25) is 0 Å². The van der Waals surface area contributed by atoms with Crippen LogP contribution in [0.25, 0.3) is 11.1 Å². The van der Waals surface area contributed by atoms with Gasteiger partial charge >= 0.3 is 12.0 Å². The number of ether oxygens (including phenoxy) is 1. The predicted molar refractivity (Wildman–Crippen MR) is 130 cm³/mol. The Balaban J connectivity index is 1.38. The smallest absolute Gasteiger partial charge is 0.323 e. The van der Waals surface area contributed by atoms with Crippen molar-refractivity contribution in [1.29, 1.82) is 0 Å². The van der Waals surface area contributed by atoms with Crippen molar-refractivity contribution in [1.82, 2.24) is 15.0 Å². The fourth-order valence-electron chi connectivity index (χ4n) is 2.80. The number of hydrogen-bond donors (Lipinski definition) is 3.